The fourth-order valence-corrected chi connectivity index (χ4v) is 0.690. The number of hydrogen-bond acceptors (Lipinski definition) is 3. The largest absolute Gasteiger partial charge is 0.401 e. The molecule has 0 spiro atoms. The van der Waals surface area contributed by atoms with Crippen molar-refractivity contribution in [3.05, 3.63) is 0 Å². The third kappa shape index (κ3) is 6.25. The molecule has 7 heteroatoms. The van der Waals surface area contributed by atoms with Crippen LogP contribution >= 0.6 is 0 Å². The normalized spacial score (nSPS) is 13.1. The lowest BCUT2D eigenvalue weighted by atomic mass is 10.2. The number of rotatable bonds is 4. The Morgan fingerprint density at radius 2 is 2.14 bits per heavy atom. The lowest BCUT2D eigenvalue weighted by molar-refractivity contribution is -0.128. The molecule has 14 heavy (non-hydrogen) atoms. The number of halogens is 3. The van der Waals surface area contributed by atoms with Crippen LogP contribution in [0.5, 0.6) is 0 Å². The van der Waals surface area contributed by atoms with Gasteiger partial charge in [0.25, 0.3) is 0 Å². The first-order chi connectivity index (χ1) is 6.39. The van der Waals surface area contributed by atoms with Crippen LogP contribution in [0.1, 0.15) is 6.42 Å². The standard InChI is InChI=1S/C7H10F3N3O/c1-12-6(14)2-5(3-11)13-4-7(8,9)10/h5,13H,2,4H2,1H3,(H,12,14). The molecule has 2 N–H and O–H groups in total. The first kappa shape index (κ1) is 12.7. The fourth-order valence-electron chi connectivity index (χ4n) is 0.690. The maximum absolute atomic E-state index is 11.7. The molecule has 80 valence electrons. The lowest BCUT2D eigenvalue weighted by Gasteiger charge is -2.12. The molecule has 0 aliphatic carbocycles. The van der Waals surface area contributed by atoms with Gasteiger partial charge >= 0.3 is 6.18 Å². The zero-order valence-corrected chi connectivity index (χ0v) is 7.48. The summed E-state index contributed by atoms with van der Waals surface area (Å²) in [5, 5.41) is 12.6. The van der Waals surface area contributed by atoms with Crippen molar-refractivity contribution in [2.24, 2.45) is 0 Å². The van der Waals surface area contributed by atoms with Crippen LogP contribution in [-0.2, 0) is 4.79 Å². The van der Waals surface area contributed by atoms with Crippen molar-refractivity contribution in [1.82, 2.24) is 10.6 Å². The van der Waals surface area contributed by atoms with Crippen molar-refractivity contribution < 1.29 is 18.0 Å². The smallest absolute Gasteiger partial charge is 0.359 e. The molecule has 0 fully saturated rings. The van der Waals surface area contributed by atoms with E-state index in [2.05, 4.69) is 5.32 Å². The molecule has 0 aliphatic heterocycles. The van der Waals surface area contributed by atoms with E-state index in [1.165, 1.54) is 7.05 Å². The van der Waals surface area contributed by atoms with Crippen LogP contribution in [-0.4, -0.2) is 31.7 Å². The van der Waals surface area contributed by atoms with Crippen LogP contribution in [0.25, 0.3) is 0 Å². The summed E-state index contributed by atoms with van der Waals surface area (Å²) in [7, 11) is 1.35. The van der Waals surface area contributed by atoms with E-state index in [9.17, 15) is 18.0 Å². The van der Waals surface area contributed by atoms with Crippen LogP contribution in [0, 0.1) is 11.3 Å². The number of alkyl halides is 3. The van der Waals surface area contributed by atoms with Gasteiger partial charge in [-0.1, -0.05) is 0 Å². The number of carbonyl (C=O) groups is 1. The summed E-state index contributed by atoms with van der Waals surface area (Å²) in [6.07, 6.45) is -4.67. The first-order valence-corrected chi connectivity index (χ1v) is 3.79. The molecular weight excluding hydrogens is 199 g/mol. The third-order valence-electron chi connectivity index (χ3n) is 1.37. The van der Waals surface area contributed by atoms with E-state index in [1.54, 1.807) is 6.07 Å². The van der Waals surface area contributed by atoms with E-state index >= 15 is 0 Å². The Morgan fingerprint density at radius 3 is 2.50 bits per heavy atom. The van der Waals surface area contributed by atoms with Gasteiger partial charge in [0, 0.05) is 7.05 Å². The highest BCUT2D eigenvalue weighted by atomic mass is 19.4. The fraction of sp³-hybridized carbons (Fsp3) is 0.714. The highest BCUT2D eigenvalue weighted by Gasteiger charge is 2.28. The Kier molecular flexibility index (Phi) is 4.94. The minimum Gasteiger partial charge on any atom is -0.359 e. The molecule has 0 aromatic carbocycles. The van der Waals surface area contributed by atoms with Gasteiger partial charge in [0.2, 0.25) is 5.91 Å². The van der Waals surface area contributed by atoms with Crippen molar-refractivity contribution in [3.63, 3.8) is 0 Å². The molecule has 0 bridgehead atoms. The second kappa shape index (κ2) is 5.44. The zero-order valence-electron chi connectivity index (χ0n) is 7.48. The van der Waals surface area contributed by atoms with Crippen LogP contribution in [0.15, 0.2) is 0 Å². The van der Waals surface area contributed by atoms with Crippen molar-refractivity contribution in [2.75, 3.05) is 13.6 Å². The highest BCUT2D eigenvalue weighted by molar-refractivity contribution is 5.76. The van der Waals surface area contributed by atoms with Crippen molar-refractivity contribution >= 4 is 5.91 Å². The molecule has 4 nitrogen and oxygen atoms in total. The van der Waals surface area contributed by atoms with Gasteiger partial charge in [-0.2, -0.15) is 18.4 Å². The summed E-state index contributed by atoms with van der Waals surface area (Å²) in [6, 6.07) is 0.454. The third-order valence-corrected chi connectivity index (χ3v) is 1.37. The molecule has 1 amide bonds. The van der Waals surface area contributed by atoms with Gasteiger partial charge in [-0.05, 0) is 0 Å². The maximum Gasteiger partial charge on any atom is 0.401 e. The van der Waals surface area contributed by atoms with Crippen LogP contribution < -0.4 is 10.6 Å². The predicted octanol–water partition coefficient (Wildman–Crippen LogP) is 0.167. The molecule has 0 radical (unpaired) electrons. The predicted molar refractivity (Wildman–Crippen MR) is 42.1 cm³/mol. The summed E-state index contributed by atoms with van der Waals surface area (Å²) in [4.78, 5) is 10.7. The van der Waals surface area contributed by atoms with E-state index in [0.717, 1.165) is 0 Å². The van der Waals surface area contributed by atoms with Crippen molar-refractivity contribution in [3.8, 4) is 6.07 Å². The Balaban J connectivity index is 3.94. The van der Waals surface area contributed by atoms with Gasteiger partial charge in [-0.25, -0.2) is 0 Å². The van der Waals surface area contributed by atoms with Crippen LogP contribution in [0.4, 0.5) is 13.2 Å². The van der Waals surface area contributed by atoms with Gasteiger partial charge in [-0.15, -0.1) is 0 Å². The SMILES string of the molecule is CNC(=O)CC(C#N)NCC(F)(F)F. The maximum atomic E-state index is 11.7. The van der Waals surface area contributed by atoms with Crippen LogP contribution in [0.2, 0.25) is 0 Å². The minimum absolute atomic E-state index is 0.289. The van der Waals surface area contributed by atoms with Gasteiger partial charge < -0.3 is 5.32 Å². The lowest BCUT2D eigenvalue weighted by Crippen LogP contribution is -2.39. The number of hydrogen-bond donors (Lipinski definition) is 2. The van der Waals surface area contributed by atoms with E-state index < -0.39 is 24.7 Å². The topological polar surface area (TPSA) is 64.9 Å². The number of nitrogens with one attached hydrogen (secondary N) is 2. The summed E-state index contributed by atoms with van der Waals surface area (Å²) < 4.78 is 35.1. The van der Waals surface area contributed by atoms with Crippen molar-refractivity contribution in [1.29, 1.82) is 5.26 Å². The number of nitriles is 1. The molecule has 0 aromatic rings. The van der Waals surface area contributed by atoms with Crippen LogP contribution in [0.3, 0.4) is 0 Å². The Hall–Kier alpha value is -1.29. The van der Waals surface area contributed by atoms with E-state index in [4.69, 9.17) is 5.26 Å². The molecule has 0 aliphatic rings. The average molecular weight is 209 g/mol. The molecule has 0 aromatic heterocycles. The Labute approximate surface area is 79.1 Å². The minimum atomic E-state index is -4.38. The molecule has 0 saturated heterocycles. The molecule has 0 rings (SSSR count). The van der Waals surface area contributed by atoms with Gasteiger partial charge in [-0.3, -0.25) is 10.1 Å². The summed E-state index contributed by atoms with van der Waals surface area (Å²) in [6.45, 7) is -1.28. The number of amides is 1. The molecule has 0 saturated carbocycles. The Morgan fingerprint density at radius 1 is 1.57 bits per heavy atom. The molecule has 1 unspecified atom stereocenters. The molecular formula is C7H10F3N3O. The van der Waals surface area contributed by atoms with E-state index in [1.807, 2.05) is 5.32 Å². The van der Waals surface area contributed by atoms with Gasteiger partial charge in [0.15, 0.2) is 0 Å². The second-order valence-corrected chi connectivity index (χ2v) is 2.56. The van der Waals surface area contributed by atoms with E-state index in [-0.39, 0.29) is 6.42 Å². The quantitative estimate of drug-likeness (QED) is 0.693. The molecule has 0 heterocycles. The summed E-state index contributed by atoms with van der Waals surface area (Å²) >= 11 is 0. The Bertz CT molecular complexity index is 233. The summed E-state index contributed by atoms with van der Waals surface area (Å²) in [5.41, 5.74) is 0. The van der Waals surface area contributed by atoms with Crippen molar-refractivity contribution in [2.45, 2.75) is 18.6 Å². The molecule has 1 atom stereocenters. The monoisotopic (exact) mass is 209 g/mol. The van der Waals surface area contributed by atoms with Gasteiger partial charge in [0.1, 0.15) is 6.04 Å². The average Bonchev–Trinajstić information content (AvgIpc) is 2.10. The second-order valence-electron chi connectivity index (χ2n) is 2.56. The van der Waals surface area contributed by atoms with Gasteiger partial charge in [0.05, 0.1) is 19.0 Å². The number of carbonyl (C=O) groups excluding carboxylic acids is 1. The van der Waals surface area contributed by atoms with E-state index in [0.29, 0.717) is 0 Å². The highest BCUT2D eigenvalue weighted by Crippen LogP contribution is 2.12. The number of nitrogens with zero attached hydrogens (tertiary/aromatic N) is 1. The first-order valence-electron chi connectivity index (χ1n) is 3.79. The summed E-state index contributed by atoms with van der Waals surface area (Å²) in [5.74, 6) is -0.480. The zero-order chi connectivity index (χ0) is 11.2.